The zero-order valence-electron chi connectivity index (χ0n) is 17.5. The van der Waals surface area contributed by atoms with E-state index in [-0.39, 0.29) is 0 Å². The maximum absolute atomic E-state index is 4.90. The van der Waals surface area contributed by atoms with Crippen molar-refractivity contribution in [2.24, 2.45) is 0 Å². The van der Waals surface area contributed by atoms with Crippen LogP contribution in [-0.4, -0.2) is 19.9 Å². The SMILES string of the molecule is CCCc1c2nc(cc3ccc([nH]3)c(CCC)c3ccc(cc4nc1C=C4)[nH]3)C=C2. The van der Waals surface area contributed by atoms with Gasteiger partial charge >= 0.3 is 0 Å². The summed E-state index contributed by atoms with van der Waals surface area (Å²) in [6.45, 7) is 4.41. The summed E-state index contributed by atoms with van der Waals surface area (Å²) in [6, 6.07) is 12.8. The van der Waals surface area contributed by atoms with E-state index < -0.39 is 0 Å². The number of nitrogens with zero attached hydrogens (tertiary/aromatic N) is 2. The molecular formula is C26H26N4. The van der Waals surface area contributed by atoms with Crippen LogP contribution in [0.4, 0.5) is 0 Å². The van der Waals surface area contributed by atoms with E-state index in [2.05, 4.69) is 84.5 Å². The highest BCUT2D eigenvalue weighted by atomic mass is 14.8. The molecule has 0 radical (unpaired) electrons. The molecule has 0 aromatic carbocycles. The van der Waals surface area contributed by atoms with Crippen LogP contribution in [0.1, 0.15) is 60.6 Å². The van der Waals surface area contributed by atoms with Gasteiger partial charge in [0.05, 0.1) is 22.8 Å². The maximum Gasteiger partial charge on any atom is 0.0691 e. The zero-order chi connectivity index (χ0) is 20.5. The average molecular weight is 395 g/mol. The summed E-state index contributed by atoms with van der Waals surface area (Å²) in [6.07, 6.45) is 12.5. The predicted molar refractivity (Wildman–Crippen MR) is 127 cm³/mol. The third-order valence-electron chi connectivity index (χ3n) is 5.62. The van der Waals surface area contributed by atoms with Crippen LogP contribution in [0, 0.1) is 0 Å². The summed E-state index contributed by atoms with van der Waals surface area (Å²) < 4.78 is 0. The number of fused-ring (bicyclic) bond motifs is 8. The summed E-state index contributed by atoms with van der Waals surface area (Å²) in [5, 5.41) is 0. The van der Waals surface area contributed by atoms with Crippen molar-refractivity contribution in [1.29, 1.82) is 0 Å². The molecule has 2 N–H and O–H groups in total. The van der Waals surface area contributed by atoms with Crippen molar-refractivity contribution in [3.63, 3.8) is 0 Å². The van der Waals surface area contributed by atoms with Crippen LogP contribution in [0.5, 0.6) is 0 Å². The fourth-order valence-electron chi connectivity index (χ4n) is 4.22. The van der Waals surface area contributed by atoms with Gasteiger partial charge in [-0.05, 0) is 79.1 Å². The molecule has 2 aliphatic heterocycles. The molecule has 4 nitrogen and oxygen atoms in total. The third-order valence-corrected chi connectivity index (χ3v) is 5.62. The van der Waals surface area contributed by atoms with E-state index >= 15 is 0 Å². The van der Waals surface area contributed by atoms with E-state index in [1.807, 2.05) is 0 Å². The first-order valence-electron chi connectivity index (χ1n) is 10.8. The molecule has 0 amide bonds. The Morgan fingerprint density at radius 2 is 1.13 bits per heavy atom. The third kappa shape index (κ3) is 3.50. The van der Waals surface area contributed by atoms with Gasteiger partial charge in [0, 0.05) is 27.6 Å². The van der Waals surface area contributed by atoms with Crippen LogP contribution in [-0.2, 0) is 12.8 Å². The summed E-state index contributed by atoms with van der Waals surface area (Å²) >= 11 is 0. The normalized spacial score (nSPS) is 12.6. The first-order chi connectivity index (χ1) is 14.7. The monoisotopic (exact) mass is 394 g/mol. The quantitative estimate of drug-likeness (QED) is 0.363. The topological polar surface area (TPSA) is 57.4 Å². The van der Waals surface area contributed by atoms with Gasteiger partial charge in [0.25, 0.3) is 0 Å². The maximum atomic E-state index is 4.90. The van der Waals surface area contributed by atoms with Crippen molar-refractivity contribution in [3.8, 4) is 0 Å². The van der Waals surface area contributed by atoms with Gasteiger partial charge in [-0.2, -0.15) is 0 Å². The lowest BCUT2D eigenvalue weighted by atomic mass is 10.1. The molecule has 0 saturated carbocycles. The smallest absolute Gasteiger partial charge is 0.0691 e. The number of H-pyrrole nitrogens is 2. The zero-order valence-corrected chi connectivity index (χ0v) is 17.5. The molecule has 0 aliphatic carbocycles. The molecule has 30 heavy (non-hydrogen) atoms. The van der Waals surface area contributed by atoms with Crippen molar-refractivity contribution in [3.05, 3.63) is 70.3 Å². The van der Waals surface area contributed by atoms with Crippen LogP contribution in [0.15, 0.2) is 36.4 Å². The minimum atomic E-state index is 0.960. The Morgan fingerprint density at radius 1 is 0.633 bits per heavy atom. The molecule has 5 heterocycles. The van der Waals surface area contributed by atoms with Crippen molar-refractivity contribution >= 4 is 46.4 Å². The summed E-state index contributed by atoms with van der Waals surface area (Å²) in [5.74, 6) is 0. The lowest BCUT2D eigenvalue weighted by Gasteiger charge is -2.01. The second kappa shape index (κ2) is 7.79. The van der Waals surface area contributed by atoms with Gasteiger partial charge in [0.2, 0.25) is 0 Å². The Balaban J connectivity index is 1.86. The van der Waals surface area contributed by atoms with Gasteiger partial charge in [-0.3, -0.25) is 0 Å². The molecule has 3 aromatic heterocycles. The lowest BCUT2D eigenvalue weighted by Crippen LogP contribution is -1.93. The highest BCUT2D eigenvalue weighted by Gasteiger charge is 2.11. The van der Waals surface area contributed by atoms with E-state index in [9.17, 15) is 0 Å². The van der Waals surface area contributed by atoms with Gasteiger partial charge in [-0.1, -0.05) is 26.7 Å². The summed E-state index contributed by atoms with van der Waals surface area (Å²) in [4.78, 5) is 17.0. The molecule has 0 unspecified atom stereocenters. The number of aromatic nitrogens is 4. The largest absolute Gasteiger partial charge is 0.355 e. The average Bonchev–Trinajstić information content (AvgIpc) is 3.53. The molecule has 150 valence electrons. The van der Waals surface area contributed by atoms with Crippen LogP contribution < -0.4 is 0 Å². The minimum absolute atomic E-state index is 0.960. The molecule has 0 fully saturated rings. The van der Waals surface area contributed by atoms with Crippen molar-refractivity contribution in [2.75, 3.05) is 0 Å². The molecule has 3 aromatic rings. The van der Waals surface area contributed by atoms with E-state index in [1.54, 1.807) is 0 Å². The molecule has 5 rings (SSSR count). The molecule has 2 aliphatic rings. The first-order valence-corrected chi connectivity index (χ1v) is 10.8. The van der Waals surface area contributed by atoms with Crippen LogP contribution in [0.25, 0.3) is 46.4 Å². The van der Waals surface area contributed by atoms with E-state index in [0.717, 1.165) is 70.5 Å². The molecule has 0 saturated heterocycles. The molecule has 0 atom stereocenters. The Labute approximate surface area is 176 Å². The van der Waals surface area contributed by atoms with E-state index in [4.69, 9.17) is 9.97 Å². The predicted octanol–water partition coefficient (Wildman–Crippen LogP) is 6.56. The Bertz CT molecular complexity index is 1220. The first kappa shape index (κ1) is 18.6. The van der Waals surface area contributed by atoms with Crippen molar-refractivity contribution in [1.82, 2.24) is 19.9 Å². The number of hydrogen-bond donors (Lipinski definition) is 2. The lowest BCUT2D eigenvalue weighted by molar-refractivity contribution is 0.905. The Morgan fingerprint density at radius 3 is 1.63 bits per heavy atom. The summed E-state index contributed by atoms with van der Waals surface area (Å²) in [7, 11) is 0. The molecule has 0 spiro atoms. The molecular weight excluding hydrogens is 368 g/mol. The molecule has 8 bridgehead atoms. The fourth-order valence-corrected chi connectivity index (χ4v) is 4.22. The van der Waals surface area contributed by atoms with Crippen molar-refractivity contribution < 1.29 is 0 Å². The fraction of sp³-hybridized carbons (Fsp3) is 0.231. The highest BCUT2D eigenvalue weighted by Crippen LogP contribution is 2.24. The van der Waals surface area contributed by atoms with E-state index in [1.165, 1.54) is 11.1 Å². The minimum Gasteiger partial charge on any atom is -0.355 e. The number of nitrogens with one attached hydrogen (secondary N) is 2. The van der Waals surface area contributed by atoms with E-state index in [0.29, 0.717) is 0 Å². The van der Waals surface area contributed by atoms with Crippen LogP contribution in [0.3, 0.4) is 0 Å². The number of aromatic amines is 2. The highest BCUT2D eigenvalue weighted by molar-refractivity contribution is 5.80. The standard InChI is InChI=1S/C26H26N4/c1-3-5-21-23-11-7-17(27-23)15-19-9-13-25(29-19)22(6-4-2)26-14-10-20(30-26)16-18-8-12-24(21)28-18/h7-16,27-28H,3-6H2,1-2H3. The van der Waals surface area contributed by atoms with Gasteiger partial charge in [-0.15, -0.1) is 0 Å². The second-order valence-corrected chi connectivity index (χ2v) is 7.91. The van der Waals surface area contributed by atoms with Crippen LogP contribution in [0.2, 0.25) is 0 Å². The van der Waals surface area contributed by atoms with Crippen molar-refractivity contribution in [2.45, 2.75) is 39.5 Å². The number of rotatable bonds is 4. The van der Waals surface area contributed by atoms with Gasteiger partial charge in [-0.25, -0.2) is 9.97 Å². The Kier molecular flexibility index (Phi) is 4.83. The Hall–Kier alpha value is -3.40. The van der Waals surface area contributed by atoms with Crippen LogP contribution >= 0.6 is 0 Å². The number of hydrogen-bond acceptors (Lipinski definition) is 2. The number of aryl methyl sites for hydroxylation is 1. The van der Waals surface area contributed by atoms with Gasteiger partial charge in [0.1, 0.15) is 0 Å². The van der Waals surface area contributed by atoms with Gasteiger partial charge < -0.3 is 9.97 Å². The van der Waals surface area contributed by atoms with Gasteiger partial charge in [0.15, 0.2) is 0 Å². The second-order valence-electron chi connectivity index (χ2n) is 7.91. The molecule has 4 heteroatoms. The summed E-state index contributed by atoms with van der Waals surface area (Å²) in [5.41, 5.74) is 10.9.